The second kappa shape index (κ2) is 5.54. The Labute approximate surface area is 128 Å². The van der Waals surface area contributed by atoms with Crippen LogP contribution >= 0.6 is 0 Å². The summed E-state index contributed by atoms with van der Waals surface area (Å²) < 4.78 is 22.4. The quantitative estimate of drug-likeness (QED) is 0.865. The van der Waals surface area contributed by atoms with E-state index < -0.39 is 10.0 Å². The lowest BCUT2D eigenvalue weighted by molar-refractivity contribution is -0.117. The number of aromatic nitrogens is 2. The van der Waals surface area contributed by atoms with E-state index >= 15 is 0 Å². The van der Waals surface area contributed by atoms with Crippen LogP contribution in [0, 0.1) is 5.92 Å². The van der Waals surface area contributed by atoms with Crippen LogP contribution in [0.25, 0.3) is 11.1 Å². The lowest BCUT2D eigenvalue weighted by Crippen LogP contribution is -2.28. The maximum Gasteiger partial charge on any atom is 0.228 e. The number of hydrogen-bond acceptors (Lipinski definition) is 4. The number of hydrogen-bond donors (Lipinski definition) is 2. The van der Waals surface area contributed by atoms with Gasteiger partial charge in [-0.25, -0.2) is 13.6 Å². The van der Waals surface area contributed by atoms with Crippen LogP contribution in [0.1, 0.15) is 6.42 Å². The molecule has 1 atom stereocenters. The first-order valence-corrected chi connectivity index (χ1v) is 8.55. The van der Waals surface area contributed by atoms with E-state index in [1.165, 1.54) is 0 Å². The average molecular weight is 320 g/mol. The van der Waals surface area contributed by atoms with Crippen molar-refractivity contribution in [1.82, 2.24) is 10.2 Å². The van der Waals surface area contributed by atoms with Crippen LogP contribution < -0.4 is 10.0 Å². The molecule has 1 aliphatic heterocycles. The molecule has 0 radical (unpaired) electrons. The number of aromatic amines is 1. The van der Waals surface area contributed by atoms with Gasteiger partial charge in [0.15, 0.2) is 0 Å². The summed E-state index contributed by atoms with van der Waals surface area (Å²) in [6.45, 7) is 0.317. The standard InChI is InChI=1S/C14H16N4O3S/c15-22(20,21)9-10-6-13(19)18(8-10)14-12(7-16-17-14)11-4-2-1-3-5-11/h1-5,7,10H,6,8-9H2,(H,16,17)(H2,15,20,21). The summed E-state index contributed by atoms with van der Waals surface area (Å²) in [6, 6.07) is 9.57. The third-order valence-electron chi connectivity index (χ3n) is 3.65. The Bertz CT molecular complexity index is 785. The highest BCUT2D eigenvalue weighted by Crippen LogP contribution is 2.32. The first-order chi connectivity index (χ1) is 10.4. The lowest BCUT2D eigenvalue weighted by atomic mass is 10.1. The first-order valence-electron chi connectivity index (χ1n) is 6.83. The second-order valence-electron chi connectivity index (χ2n) is 5.40. The zero-order chi connectivity index (χ0) is 15.7. The maximum absolute atomic E-state index is 12.2. The first kappa shape index (κ1) is 14.7. The Morgan fingerprint density at radius 2 is 2.05 bits per heavy atom. The molecule has 2 aromatic rings. The smallest absolute Gasteiger partial charge is 0.228 e. The van der Waals surface area contributed by atoms with Crippen LogP contribution in [-0.4, -0.2) is 36.8 Å². The highest BCUT2D eigenvalue weighted by Gasteiger charge is 2.34. The number of nitrogens with one attached hydrogen (secondary N) is 1. The topological polar surface area (TPSA) is 109 Å². The van der Waals surface area contributed by atoms with E-state index in [4.69, 9.17) is 5.14 Å². The van der Waals surface area contributed by atoms with E-state index in [1.807, 2.05) is 30.3 Å². The molecule has 8 heteroatoms. The largest absolute Gasteiger partial charge is 0.296 e. The fourth-order valence-electron chi connectivity index (χ4n) is 2.75. The molecule has 1 aromatic heterocycles. The third-order valence-corrected chi connectivity index (χ3v) is 4.58. The zero-order valence-electron chi connectivity index (χ0n) is 11.8. The average Bonchev–Trinajstić information content (AvgIpc) is 3.04. The second-order valence-corrected chi connectivity index (χ2v) is 7.06. The number of rotatable bonds is 4. The number of nitrogens with two attached hydrogens (primary N) is 1. The summed E-state index contributed by atoms with van der Waals surface area (Å²) in [5.41, 5.74) is 1.75. The van der Waals surface area contributed by atoms with E-state index in [1.54, 1.807) is 11.1 Å². The number of carbonyl (C=O) groups excluding carboxylic acids is 1. The molecule has 3 N–H and O–H groups in total. The molecule has 7 nitrogen and oxygen atoms in total. The van der Waals surface area contributed by atoms with Gasteiger partial charge in [0.25, 0.3) is 0 Å². The van der Waals surface area contributed by atoms with Crippen molar-refractivity contribution in [2.75, 3.05) is 17.2 Å². The van der Waals surface area contributed by atoms with Crippen LogP contribution in [0.3, 0.4) is 0 Å². The Balaban J connectivity index is 1.87. The molecule has 3 rings (SSSR count). The number of H-pyrrole nitrogens is 1. The summed E-state index contributed by atoms with van der Waals surface area (Å²) in [5, 5.41) is 11.9. The number of anilines is 1. The molecule has 22 heavy (non-hydrogen) atoms. The van der Waals surface area contributed by atoms with Crippen LogP contribution in [0.2, 0.25) is 0 Å². The van der Waals surface area contributed by atoms with Crippen molar-refractivity contribution in [2.45, 2.75) is 6.42 Å². The van der Waals surface area contributed by atoms with E-state index in [0.717, 1.165) is 11.1 Å². The number of nitrogens with zero attached hydrogens (tertiary/aromatic N) is 2. The minimum atomic E-state index is -3.59. The van der Waals surface area contributed by atoms with Gasteiger partial charge in [0.1, 0.15) is 5.82 Å². The molecule has 116 valence electrons. The summed E-state index contributed by atoms with van der Waals surface area (Å²) in [4.78, 5) is 13.7. The van der Waals surface area contributed by atoms with Crippen molar-refractivity contribution in [3.8, 4) is 11.1 Å². The molecule has 0 bridgehead atoms. The van der Waals surface area contributed by atoms with Crippen molar-refractivity contribution in [3.63, 3.8) is 0 Å². The van der Waals surface area contributed by atoms with Gasteiger partial charge in [-0.3, -0.25) is 14.8 Å². The summed E-state index contributed by atoms with van der Waals surface area (Å²) in [7, 11) is -3.59. The summed E-state index contributed by atoms with van der Waals surface area (Å²) in [6.07, 6.45) is 1.83. The number of benzene rings is 1. The molecule has 1 saturated heterocycles. The van der Waals surface area contributed by atoms with Crippen LogP contribution in [0.4, 0.5) is 5.82 Å². The maximum atomic E-state index is 12.2. The SMILES string of the molecule is NS(=O)(=O)CC1CC(=O)N(c2[nH]ncc2-c2ccccc2)C1. The summed E-state index contributed by atoms with van der Waals surface area (Å²) in [5.74, 6) is -0.0260. The minimum absolute atomic E-state index is 0.130. The van der Waals surface area contributed by atoms with E-state index in [0.29, 0.717) is 12.4 Å². The molecule has 1 unspecified atom stereocenters. The Morgan fingerprint density at radius 3 is 2.73 bits per heavy atom. The van der Waals surface area contributed by atoms with Gasteiger partial charge in [-0.05, 0) is 5.56 Å². The molecule has 1 fully saturated rings. The van der Waals surface area contributed by atoms with Gasteiger partial charge < -0.3 is 0 Å². The Morgan fingerprint density at radius 1 is 1.32 bits per heavy atom. The van der Waals surface area contributed by atoms with Crippen LogP contribution in [0.5, 0.6) is 0 Å². The summed E-state index contributed by atoms with van der Waals surface area (Å²) >= 11 is 0. The highest BCUT2D eigenvalue weighted by atomic mass is 32.2. The predicted molar refractivity (Wildman–Crippen MR) is 82.5 cm³/mol. The molecule has 0 saturated carbocycles. The fraction of sp³-hybridized carbons (Fsp3) is 0.286. The van der Waals surface area contributed by atoms with E-state index in [2.05, 4.69) is 10.2 Å². The fourth-order valence-corrected chi connectivity index (χ4v) is 3.63. The molecule has 1 aliphatic rings. The Kier molecular flexibility index (Phi) is 3.71. The van der Waals surface area contributed by atoms with Gasteiger partial charge in [-0.1, -0.05) is 30.3 Å². The molecule has 1 aromatic carbocycles. The molecule has 1 amide bonds. The molecule has 2 heterocycles. The van der Waals surface area contributed by atoms with Gasteiger partial charge in [0.05, 0.1) is 11.9 Å². The van der Waals surface area contributed by atoms with Gasteiger partial charge in [0.2, 0.25) is 15.9 Å². The van der Waals surface area contributed by atoms with Crippen molar-refractivity contribution in [3.05, 3.63) is 36.5 Å². The van der Waals surface area contributed by atoms with Crippen molar-refractivity contribution in [2.24, 2.45) is 11.1 Å². The molecular weight excluding hydrogens is 304 g/mol. The monoisotopic (exact) mass is 320 g/mol. The van der Waals surface area contributed by atoms with Crippen molar-refractivity contribution < 1.29 is 13.2 Å². The van der Waals surface area contributed by atoms with Gasteiger partial charge in [0, 0.05) is 24.4 Å². The van der Waals surface area contributed by atoms with Gasteiger partial charge in [-0.2, -0.15) is 5.10 Å². The lowest BCUT2D eigenvalue weighted by Gasteiger charge is -2.16. The van der Waals surface area contributed by atoms with Crippen molar-refractivity contribution >= 4 is 21.7 Å². The molecular formula is C14H16N4O3S. The zero-order valence-corrected chi connectivity index (χ0v) is 12.6. The minimum Gasteiger partial charge on any atom is -0.296 e. The normalized spacial score (nSPS) is 18.9. The van der Waals surface area contributed by atoms with Crippen LogP contribution in [-0.2, 0) is 14.8 Å². The number of primary sulfonamides is 1. The molecule has 0 aliphatic carbocycles. The van der Waals surface area contributed by atoms with E-state index in [9.17, 15) is 13.2 Å². The van der Waals surface area contributed by atoms with Gasteiger partial charge in [-0.15, -0.1) is 0 Å². The molecule has 0 spiro atoms. The van der Waals surface area contributed by atoms with Gasteiger partial charge >= 0.3 is 0 Å². The number of sulfonamides is 1. The van der Waals surface area contributed by atoms with E-state index in [-0.39, 0.29) is 24.0 Å². The predicted octanol–water partition coefficient (Wildman–Crippen LogP) is 0.718. The highest BCUT2D eigenvalue weighted by molar-refractivity contribution is 7.89. The Hall–Kier alpha value is -2.19. The van der Waals surface area contributed by atoms with Crippen LogP contribution in [0.15, 0.2) is 36.5 Å². The number of carbonyl (C=O) groups is 1. The van der Waals surface area contributed by atoms with Crippen molar-refractivity contribution in [1.29, 1.82) is 0 Å². The third kappa shape index (κ3) is 3.02. The number of amides is 1.